The smallest absolute Gasteiger partial charge is 0.270 e. The van der Waals surface area contributed by atoms with Crippen molar-refractivity contribution in [2.24, 2.45) is 13.0 Å². The first-order chi connectivity index (χ1) is 11.5. The maximum absolute atomic E-state index is 13.2. The van der Waals surface area contributed by atoms with E-state index in [1.54, 1.807) is 0 Å². The normalized spacial score (nSPS) is 25.0. The molecule has 2 atom stereocenters. The van der Waals surface area contributed by atoms with Crippen molar-refractivity contribution in [2.75, 3.05) is 39.9 Å². The topological polar surface area (TPSA) is 37.7 Å². The number of carbonyl (C=O) groups is 1. The van der Waals surface area contributed by atoms with Gasteiger partial charge in [0.2, 0.25) is 0 Å². The molecule has 1 amide bonds. The van der Waals surface area contributed by atoms with Gasteiger partial charge in [0.05, 0.1) is 29.8 Å². The molecule has 2 bridgehead atoms. The van der Waals surface area contributed by atoms with E-state index < -0.39 is 0 Å². The molecule has 2 fully saturated rings. The first-order valence-corrected chi connectivity index (χ1v) is 8.73. The van der Waals surface area contributed by atoms with Crippen molar-refractivity contribution < 1.29 is 9.53 Å². The number of fused-ring (bicyclic) bond motifs is 4. The lowest BCUT2D eigenvalue weighted by atomic mass is 10.1. The number of likely N-dealkylation sites (N-methyl/N-ethyl adjacent to an activating group) is 1. The summed E-state index contributed by atoms with van der Waals surface area (Å²) in [6.45, 7) is 3.86. The Bertz CT molecular complexity index is 788. The molecule has 2 aliphatic rings. The second kappa shape index (κ2) is 6.06. The van der Waals surface area contributed by atoms with Crippen molar-refractivity contribution in [1.82, 2.24) is 14.4 Å². The summed E-state index contributed by atoms with van der Waals surface area (Å²) in [6.07, 6.45) is 0. The summed E-state index contributed by atoms with van der Waals surface area (Å²) in [7, 11) is 4.03. The fraction of sp³-hybridized carbons (Fsp3) is 0.500. The molecule has 1 aromatic heterocycles. The predicted molar refractivity (Wildman–Crippen MR) is 94.6 cm³/mol. The zero-order chi connectivity index (χ0) is 16.8. The third-order valence-corrected chi connectivity index (χ3v) is 5.56. The highest BCUT2D eigenvalue weighted by molar-refractivity contribution is 6.35. The second-order valence-corrected chi connectivity index (χ2v) is 7.38. The lowest BCUT2D eigenvalue weighted by Crippen LogP contribution is -2.45. The van der Waals surface area contributed by atoms with E-state index in [4.69, 9.17) is 16.3 Å². The van der Waals surface area contributed by atoms with Crippen LogP contribution in [0.1, 0.15) is 10.5 Å². The van der Waals surface area contributed by atoms with Crippen molar-refractivity contribution in [2.45, 2.75) is 6.04 Å². The van der Waals surface area contributed by atoms with Crippen LogP contribution in [-0.2, 0) is 11.8 Å². The van der Waals surface area contributed by atoms with Crippen LogP contribution >= 0.6 is 11.6 Å². The third-order valence-electron chi connectivity index (χ3n) is 5.26. The van der Waals surface area contributed by atoms with E-state index in [1.165, 1.54) is 0 Å². The Labute approximate surface area is 146 Å². The van der Waals surface area contributed by atoms with Crippen LogP contribution in [0.15, 0.2) is 24.3 Å². The molecule has 2 aliphatic heterocycles. The van der Waals surface area contributed by atoms with Gasteiger partial charge in [-0.25, -0.2) is 0 Å². The Balaban J connectivity index is 1.69. The summed E-state index contributed by atoms with van der Waals surface area (Å²) in [5.41, 5.74) is 1.61. The van der Waals surface area contributed by atoms with Crippen LogP contribution in [-0.4, -0.2) is 66.2 Å². The van der Waals surface area contributed by atoms with Crippen molar-refractivity contribution >= 4 is 28.4 Å². The van der Waals surface area contributed by atoms with Crippen molar-refractivity contribution in [3.05, 3.63) is 35.0 Å². The minimum absolute atomic E-state index is 0.0805. The zero-order valence-corrected chi connectivity index (χ0v) is 14.8. The van der Waals surface area contributed by atoms with Gasteiger partial charge in [0.15, 0.2) is 0 Å². The lowest BCUT2D eigenvalue weighted by molar-refractivity contribution is 0.0428. The number of amides is 1. The standard InChI is InChI=1S/C18H22ClN3O2/c1-20-7-12-8-22(9-14(20)11-24-10-12)18(23)16-6-13-4-3-5-15(19)17(13)21(16)2/h3-6,12,14H,7-11H2,1-2H3/t12-,14+/m1/s1. The van der Waals surface area contributed by atoms with Crippen LogP contribution in [0.2, 0.25) is 5.02 Å². The lowest BCUT2D eigenvalue weighted by Gasteiger charge is -2.29. The average Bonchev–Trinajstić information content (AvgIpc) is 2.66. The number of benzene rings is 1. The van der Waals surface area contributed by atoms with Gasteiger partial charge < -0.3 is 14.2 Å². The number of hydrogen-bond donors (Lipinski definition) is 0. The van der Waals surface area contributed by atoms with E-state index in [-0.39, 0.29) is 11.9 Å². The molecule has 128 valence electrons. The Hall–Kier alpha value is -1.56. The van der Waals surface area contributed by atoms with E-state index in [0.29, 0.717) is 29.8 Å². The highest BCUT2D eigenvalue weighted by Crippen LogP contribution is 2.27. The molecule has 0 N–H and O–H groups in total. The van der Waals surface area contributed by atoms with Crippen LogP contribution in [0.4, 0.5) is 0 Å². The van der Waals surface area contributed by atoms with Crippen LogP contribution in [0.3, 0.4) is 0 Å². The van der Waals surface area contributed by atoms with Crippen LogP contribution in [0.25, 0.3) is 10.9 Å². The molecule has 1 aromatic carbocycles. The van der Waals surface area contributed by atoms with Crippen LogP contribution in [0, 0.1) is 5.92 Å². The fourth-order valence-electron chi connectivity index (χ4n) is 3.95. The maximum Gasteiger partial charge on any atom is 0.270 e. The van der Waals surface area contributed by atoms with E-state index in [2.05, 4.69) is 11.9 Å². The summed E-state index contributed by atoms with van der Waals surface area (Å²) in [5.74, 6) is 0.446. The Kier molecular flexibility index (Phi) is 4.03. The molecule has 6 heteroatoms. The van der Waals surface area contributed by atoms with Gasteiger partial charge in [-0.15, -0.1) is 0 Å². The highest BCUT2D eigenvalue weighted by atomic mass is 35.5. The molecule has 4 rings (SSSR count). The molecule has 0 unspecified atom stereocenters. The van der Waals surface area contributed by atoms with Gasteiger partial charge in [-0.2, -0.15) is 0 Å². The summed E-state index contributed by atoms with van der Waals surface area (Å²) < 4.78 is 7.67. The predicted octanol–water partition coefficient (Wildman–Crippen LogP) is 2.23. The molecule has 2 saturated heterocycles. The van der Waals surface area contributed by atoms with Gasteiger partial charge in [-0.05, 0) is 19.2 Å². The average molecular weight is 348 g/mol. The van der Waals surface area contributed by atoms with Gasteiger partial charge in [-0.1, -0.05) is 23.7 Å². The zero-order valence-electron chi connectivity index (χ0n) is 14.0. The minimum atomic E-state index is 0.0805. The van der Waals surface area contributed by atoms with Gasteiger partial charge in [0.25, 0.3) is 5.91 Å². The summed E-state index contributed by atoms with van der Waals surface area (Å²) in [4.78, 5) is 17.5. The first kappa shape index (κ1) is 15.9. The fourth-order valence-corrected chi connectivity index (χ4v) is 4.26. The maximum atomic E-state index is 13.2. The summed E-state index contributed by atoms with van der Waals surface area (Å²) in [6, 6.07) is 7.99. The monoisotopic (exact) mass is 347 g/mol. The summed E-state index contributed by atoms with van der Waals surface area (Å²) in [5, 5.41) is 1.68. The van der Waals surface area contributed by atoms with Crippen LogP contribution in [0.5, 0.6) is 0 Å². The minimum Gasteiger partial charge on any atom is -0.379 e. The molecule has 2 aromatic rings. The van der Waals surface area contributed by atoms with E-state index in [1.807, 2.05) is 40.8 Å². The molecule has 0 spiro atoms. The molecule has 5 nitrogen and oxygen atoms in total. The highest BCUT2D eigenvalue weighted by Gasteiger charge is 2.34. The SMILES string of the molecule is CN1C[C@H]2COC[C@@H]1CN(C(=O)c1cc3cccc(Cl)c3n1C)C2. The number of ether oxygens (including phenoxy) is 1. The third kappa shape index (κ3) is 2.61. The van der Waals surface area contributed by atoms with Gasteiger partial charge >= 0.3 is 0 Å². The number of aromatic nitrogens is 1. The number of nitrogens with zero attached hydrogens (tertiary/aromatic N) is 3. The molecule has 0 saturated carbocycles. The quantitative estimate of drug-likeness (QED) is 0.794. The van der Waals surface area contributed by atoms with Gasteiger partial charge in [0, 0.05) is 38.0 Å². The largest absolute Gasteiger partial charge is 0.379 e. The van der Waals surface area contributed by atoms with E-state index in [0.717, 1.165) is 30.6 Å². The molecule has 0 aliphatic carbocycles. The van der Waals surface area contributed by atoms with Gasteiger partial charge in [-0.3, -0.25) is 9.69 Å². The van der Waals surface area contributed by atoms with Crippen molar-refractivity contribution in [3.8, 4) is 0 Å². The molecule has 3 heterocycles. The van der Waals surface area contributed by atoms with E-state index >= 15 is 0 Å². The van der Waals surface area contributed by atoms with Gasteiger partial charge in [0.1, 0.15) is 5.69 Å². The first-order valence-electron chi connectivity index (χ1n) is 8.36. The Morgan fingerprint density at radius 2 is 2.04 bits per heavy atom. The number of para-hydroxylation sites is 1. The Morgan fingerprint density at radius 1 is 1.21 bits per heavy atom. The molecule has 0 radical (unpaired) electrons. The number of rotatable bonds is 1. The molecular formula is C18H22ClN3O2. The number of aryl methyl sites for hydroxylation is 1. The number of hydrogen-bond acceptors (Lipinski definition) is 3. The summed E-state index contributed by atoms with van der Waals surface area (Å²) >= 11 is 6.32. The van der Waals surface area contributed by atoms with E-state index in [9.17, 15) is 4.79 Å². The second-order valence-electron chi connectivity index (χ2n) is 6.97. The number of halogens is 1. The number of carbonyl (C=O) groups excluding carboxylic acids is 1. The molecular weight excluding hydrogens is 326 g/mol. The van der Waals surface area contributed by atoms with Crippen molar-refractivity contribution in [3.63, 3.8) is 0 Å². The van der Waals surface area contributed by atoms with Crippen LogP contribution < -0.4 is 0 Å². The van der Waals surface area contributed by atoms with Crippen molar-refractivity contribution in [1.29, 1.82) is 0 Å². The Morgan fingerprint density at radius 3 is 2.83 bits per heavy atom. The molecule has 24 heavy (non-hydrogen) atoms.